The fourth-order valence-corrected chi connectivity index (χ4v) is 2.30. The first-order valence-corrected chi connectivity index (χ1v) is 7.44. The van der Waals surface area contributed by atoms with Crippen LogP contribution in [0.5, 0.6) is 0 Å². The van der Waals surface area contributed by atoms with Crippen molar-refractivity contribution in [1.29, 1.82) is 0 Å². The van der Waals surface area contributed by atoms with Gasteiger partial charge in [0, 0.05) is 19.8 Å². The maximum absolute atomic E-state index is 5.46. The molecular weight excluding hydrogens is 250 g/mol. The number of hydrogen-bond donors (Lipinski definition) is 1. The molecule has 0 spiro atoms. The molecule has 1 unspecified atom stereocenters. The summed E-state index contributed by atoms with van der Waals surface area (Å²) in [7, 11) is 1.69. The van der Waals surface area contributed by atoms with Gasteiger partial charge in [-0.1, -0.05) is 12.1 Å². The van der Waals surface area contributed by atoms with Crippen LogP contribution in [-0.4, -0.2) is 33.5 Å². The molecule has 114 valence electrons. The molecule has 0 aliphatic carbocycles. The van der Waals surface area contributed by atoms with E-state index in [9.17, 15) is 0 Å². The molecule has 0 radical (unpaired) electrons. The van der Waals surface area contributed by atoms with Gasteiger partial charge >= 0.3 is 0 Å². The van der Waals surface area contributed by atoms with Crippen molar-refractivity contribution in [3.05, 3.63) is 34.4 Å². The van der Waals surface area contributed by atoms with E-state index in [-0.39, 0.29) is 0 Å². The Morgan fingerprint density at radius 2 is 1.70 bits per heavy atom. The van der Waals surface area contributed by atoms with Crippen molar-refractivity contribution < 1.29 is 9.47 Å². The molecule has 3 nitrogen and oxygen atoms in total. The Balaban J connectivity index is 2.32. The van der Waals surface area contributed by atoms with Crippen LogP contribution >= 0.6 is 0 Å². The monoisotopic (exact) mass is 279 g/mol. The van der Waals surface area contributed by atoms with E-state index in [2.05, 4.69) is 45.1 Å². The van der Waals surface area contributed by atoms with Gasteiger partial charge < -0.3 is 14.8 Å². The zero-order valence-electron chi connectivity index (χ0n) is 13.6. The summed E-state index contributed by atoms with van der Waals surface area (Å²) in [5.41, 5.74) is 5.49. The predicted molar refractivity (Wildman–Crippen MR) is 84.4 cm³/mol. The fourth-order valence-electron chi connectivity index (χ4n) is 2.30. The van der Waals surface area contributed by atoms with E-state index < -0.39 is 0 Å². The van der Waals surface area contributed by atoms with E-state index in [0.29, 0.717) is 19.3 Å². The molecule has 0 aliphatic rings. The normalized spacial score (nSPS) is 12.7. The Bertz CT molecular complexity index is 404. The van der Waals surface area contributed by atoms with Crippen LogP contribution in [0.15, 0.2) is 12.1 Å². The lowest BCUT2D eigenvalue weighted by Crippen LogP contribution is -2.22. The van der Waals surface area contributed by atoms with E-state index in [1.54, 1.807) is 7.11 Å². The highest BCUT2D eigenvalue weighted by molar-refractivity contribution is 5.37. The second kappa shape index (κ2) is 9.11. The van der Waals surface area contributed by atoms with Crippen molar-refractivity contribution in [2.45, 2.75) is 40.2 Å². The molecule has 3 heteroatoms. The topological polar surface area (TPSA) is 30.5 Å². The van der Waals surface area contributed by atoms with Crippen LogP contribution in [0, 0.1) is 20.8 Å². The van der Waals surface area contributed by atoms with Gasteiger partial charge in [-0.25, -0.2) is 0 Å². The van der Waals surface area contributed by atoms with Crippen LogP contribution in [0.1, 0.15) is 41.6 Å². The number of rotatable bonds is 9. The number of methoxy groups -OCH3 is 1. The van der Waals surface area contributed by atoms with Gasteiger partial charge in [-0.3, -0.25) is 0 Å². The third-order valence-electron chi connectivity index (χ3n) is 3.70. The summed E-state index contributed by atoms with van der Waals surface area (Å²) >= 11 is 0. The first-order valence-electron chi connectivity index (χ1n) is 7.44. The minimum atomic E-state index is 0.383. The van der Waals surface area contributed by atoms with Gasteiger partial charge in [0.15, 0.2) is 0 Å². The lowest BCUT2D eigenvalue weighted by atomic mass is 9.96. The fraction of sp³-hybridized carbons (Fsp3) is 0.647. The summed E-state index contributed by atoms with van der Waals surface area (Å²) in [5, 5.41) is 3.57. The molecule has 0 aliphatic heterocycles. The highest BCUT2D eigenvalue weighted by atomic mass is 16.5. The Hall–Kier alpha value is -0.900. The molecule has 0 bridgehead atoms. The molecule has 0 saturated carbocycles. The van der Waals surface area contributed by atoms with Crippen molar-refractivity contribution in [2.75, 3.05) is 33.5 Å². The molecule has 1 aromatic carbocycles. The Labute approximate surface area is 123 Å². The van der Waals surface area contributed by atoms with Gasteiger partial charge in [0.25, 0.3) is 0 Å². The minimum Gasteiger partial charge on any atom is -0.382 e. The van der Waals surface area contributed by atoms with Gasteiger partial charge in [-0.2, -0.15) is 0 Å². The number of hydrogen-bond acceptors (Lipinski definition) is 3. The van der Waals surface area contributed by atoms with Crippen molar-refractivity contribution in [1.82, 2.24) is 5.32 Å². The zero-order valence-corrected chi connectivity index (χ0v) is 13.6. The van der Waals surface area contributed by atoms with Crippen LogP contribution in [0.2, 0.25) is 0 Å². The van der Waals surface area contributed by atoms with E-state index in [1.807, 2.05) is 0 Å². The number of aryl methyl sites for hydroxylation is 3. The highest BCUT2D eigenvalue weighted by Crippen LogP contribution is 2.21. The smallest absolute Gasteiger partial charge is 0.0700 e. The van der Waals surface area contributed by atoms with Crippen LogP contribution in [0.4, 0.5) is 0 Å². The second-order valence-electron chi connectivity index (χ2n) is 5.43. The molecular formula is C17H29NO2. The van der Waals surface area contributed by atoms with Crippen LogP contribution < -0.4 is 5.32 Å². The minimum absolute atomic E-state index is 0.383. The average molecular weight is 279 g/mol. The lowest BCUT2D eigenvalue weighted by molar-refractivity contribution is 0.0693. The summed E-state index contributed by atoms with van der Waals surface area (Å²) in [5.74, 6) is 0. The third-order valence-corrected chi connectivity index (χ3v) is 3.70. The molecule has 0 amide bonds. The number of benzene rings is 1. The van der Waals surface area contributed by atoms with Gasteiger partial charge in [0.05, 0.1) is 13.2 Å². The van der Waals surface area contributed by atoms with Crippen molar-refractivity contribution in [3.8, 4) is 0 Å². The molecule has 1 atom stereocenters. The highest BCUT2D eigenvalue weighted by Gasteiger charge is 2.09. The molecule has 0 aromatic heterocycles. The van der Waals surface area contributed by atoms with Crippen molar-refractivity contribution >= 4 is 0 Å². The SMILES string of the molecule is COCCOCCCNC(C)c1cc(C)c(C)cc1C. The van der Waals surface area contributed by atoms with Gasteiger partial charge in [0.1, 0.15) is 0 Å². The summed E-state index contributed by atoms with van der Waals surface area (Å²) in [4.78, 5) is 0. The van der Waals surface area contributed by atoms with E-state index in [1.165, 1.54) is 22.3 Å². The summed E-state index contributed by atoms with van der Waals surface area (Å²) in [6.45, 7) is 11.9. The van der Waals surface area contributed by atoms with E-state index >= 15 is 0 Å². The van der Waals surface area contributed by atoms with E-state index in [0.717, 1.165) is 19.6 Å². The second-order valence-corrected chi connectivity index (χ2v) is 5.43. The lowest BCUT2D eigenvalue weighted by Gasteiger charge is -2.18. The van der Waals surface area contributed by atoms with Gasteiger partial charge in [0.2, 0.25) is 0 Å². The quantitative estimate of drug-likeness (QED) is 0.703. The maximum Gasteiger partial charge on any atom is 0.0700 e. The first-order chi connectivity index (χ1) is 9.56. The molecule has 1 N–H and O–H groups in total. The largest absolute Gasteiger partial charge is 0.382 e. The van der Waals surface area contributed by atoms with Crippen LogP contribution in [0.3, 0.4) is 0 Å². The predicted octanol–water partition coefficient (Wildman–Crippen LogP) is 3.32. The average Bonchev–Trinajstić information content (AvgIpc) is 2.41. The third kappa shape index (κ3) is 5.61. The van der Waals surface area contributed by atoms with Crippen LogP contribution in [0.25, 0.3) is 0 Å². The molecule has 20 heavy (non-hydrogen) atoms. The zero-order chi connectivity index (χ0) is 15.0. The molecule has 1 rings (SSSR count). The van der Waals surface area contributed by atoms with Crippen LogP contribution in [-0.2, 0) is 9.47 Å². The standard InChI is InChI=1S/C17H29NO2/c1-13-11-15(3)17(12-14(13)2)16(4)18-7-6-8-20-10-9-19-5/h11-12,16,18H,6-10H2,1-5H3. The Kier molecular flexibility index (Phi) is 7.82. The Morgan fingerprint density at radius 3 is 2.40 bits per heavy atom. The van der Waals surface area contributed by atoms with Gasteiger partial charge in [-0.15, -0.1) is 0 Å². The number of ether oxygens (including phenoxy) is 2. The Morgan fingerprint density at radius 1 is 1.00 bits per heavy atom. The van der Waals surface area contributed by atoms with Gasteiger partial charge in [-0.05, 0) is 62.9 Å². The molecule has 0 fully saturated rings. The van der Waals surface area contributed by atoms with Crippen molar-refractivity contribution in [3.63, 3.8) is 0 Å². The summed E-state index contributed by atoms with van der Waals surface area (Å²) in [6, 6.07) is 4.96. The molecule has 1 aromatic rings. The summed E-state index contributed by atoms with van der Waals surface area (Å²) < 4.78 is 10.4. The maximum atomic E-state index is 5.46. The van der Waals surface area contributed by atoms with Crippen molar-refractivity contribution in [2.24, 2.45) is 0 Å². The molecule has 0 heterocycles. The molecule has 0 saturated heterocycles. The van der Waals surface area contributed by atoms with E-state index in [4.69, 9.17) is 9.47 Å². The summed E-state index contributed by atoms with van der Waals surface area (Å²) in [6.07, 6.45) is 1.03. The number of nitrogens with one attached hydrogen (secondary N) is 1. The first kappa shape index (κ1) is 17.2.